The minimum Gasteiger partial charge on any atom is -0.463 e. The summed E-state index contributed by atoms with van der Waals surface area (Å²) in [4.78, 5) is 72.2. The molecule has 0 aromatic rings. The molecule has 0 saturated carbocycles. The molecule has 1 N–H and O–H groups in total. The summed E-state index contributed by atoms with van der Waals surface area (Å²) in [5, 5.41) is 2.65. The van der Waals surface area contributed by atoms with E-state index in [1.54, 1.807) is 0 Å². The maximum atomic E-state index is 12.3. The molecule has 242 valence electrons. The monoisotopic (exact) mass is 617 g/mol. The van der Waals surface area contributed by atoms with Gasteiger partial charge in [-0.2, -0.15) is 0 Å². The van der Waals surface area contributed by atoms with Gasteiger partial charge in [0.15, 0.2) is 37.0 Å². The summed E-state index contributed by atoms with van der Waals surface area (Å²) in [6.07, 6.45) is -10.4. The van der Waals surface area contributed by atoms with Gasteiger partial charge in [-0.05, 0) is 6.92 Å². The number of nitrogens with one attached hydrogen (secondary N) is 1. The molecule has 2 saturated heterocycles. The molecule has 0 aromatic carbocycles. The van der Waals surface area contributed by atoms with Gasteiger partial charge >= 0.3 is 29.8 Å². The van der Waals surface area contributed by atoms with E-state index in [0.29, 0.717) is 0 Å². The Hall–Kier alpha value is -3.60. The third kappa shape index (κ3) is 10.6. The van der Waals surface area contributed by atoms with Gasteiger partial charge in [-0.15, -0.1) is 6.58 Å². The van der Waals surface area contributed by atoms with Crippen LogP contribution in [0.5, 0.6) is 0 Å². The van der Waals surface area contributed by atoms with Crippen molar-refractivity contribution >= 4 is 35.8 Å². The Kier molecular flexibility index (Phi) is 13.5. The standard InChI is InChI=1S/C27H39NO15/c1-9-10-35-26-20(28-13(3)29)23(22(39-16(6)32)19(42-26)11-36-14(4)30)43-27-25(41-18(8)34)24(40-17(7)33)21(12(2)37-27)38-15(5)31/h9,12,19-27H,1,10-11H2,2-8H3,(H,28,29)/t12?,19?,20?,21-,22-,23+,24-,25?,26+,27-/m0/s1. The molecule has 0 spiro atoms. The highest BCUT2D eigenvalue weighted by molar-refractivity contribution is 5.73. The van der Waals surface area contributed by atoms with Crippen LogP contribution in [0.15, 0.2) is 12.7 Å². The third-order valence-corrected chi connectivity index (χ3v) is 6.07. The molecule has 2 fully saturated rings. The van der Waals surface area contributed by atoms with Gasteiger partial charge in [-0.25, -0.2) is 0 Å². The summed E-state index contributed by atoms with van der Waals surface area (Å²) in [7, 11) is 0. The molecule has 16 heteroatoms. The highest BCUT2D eigenvalue weighted by Crippen LogP contribution is 2.34. The fourth-order valence-electron chi connectivity index (χ4n) is 4.66. The first-order chi connectivity index (χ1) is 20.1. The van der Waals surface area contributed by atoms with Gasteiger partial charge in [0.1, 0.15) is 24.9 Å². The topological polar surface area (TPSA) is 198 Å². The molecule has 2 rings (SSSR count). The lowest BCUT2D eigenvalue weighted by Gasteiger charge is -2.49. The average molecular weight is 618 g/mol. The number of hydrogen-bond acceptors (Lipinski definition) is 15. The first-order valence-corrected chi connectivity index (χ1v) is 13.4. The van der Waals surface area contributed by atoms with E-state index >= 15 is 0 Å². The van der Waals surface area contributed by atoms with Gasteiger partial charge in [0.25, 0.3) is 0 Å². The van der Waals surface area contributed by atoms with Crippen molar-refractivity contribution in [1.29, 1.82) is 0 Å². The SMILES string of the molecule is C=CCO[C@@H]1OC(COC(C)=O)[C@H](OC(C)=O)[C@H](O[C@@H]2OC(C)[C@H](OC(C)=O)[C@H](OC(C)=O)C2OC(C)=O)C1NC(C)=O. The number of esters is 5. The smallest absolute Gasteiger partial charge is 0.303 e. The van der Waals surface area contributed by atoms with E-state index in [1.807, 2.05) is 0 Å². The first kappa shape index (κ1) is 35.6. The van der Waals surface area contributed by atoms with E-state index in [-0.39, 0.29) is 6.61 Å². The molecule has 1 amide bonds. The summed E-state index contributed by atoms with van der Waals surface area (Å²) in [6, 6.07) is -1.19. The van der Waals surface area contributed by atoms with Crippen LogP contribution in [0.1, 0.15) is 48.5 Å². The van der Waals surface area contributed by atoms with Crippen LogP contribution in [0, 0.1) is 0 Å². The van der Waals surface area contributed by atoms with Gasteiger partial charge in [-0.3, -0.25) is 28.8 Å². The number of carbonyl (C=O) groups is 6. The summed E-state index contributed by atoms with van der Waals surface area (Å²) >= 11 is 0. The maximum absolute atomic E-state index is 12.3. The van der Waals surface area contributed by atoms with Crippen molar-refractivity contribution < 1.29 is 71.4 Å². The molecular weight excluding hydrogens is 578 g/mol. The molecule has 0 radical (unpaired) electrons. The maximum Gasteiger partial charge on any atom is 0.303 e. The van der Waals surface area contributed by atoms with E-state index < -0.39 is 104 Å². The molecule has 4 unspecified atom stereocenters. The van der Waals surface area contributed by atoms with Gasteiger partial charge in [0.05, 0.1) is 12.7 Å². The zero-order valence-electron chi connectivity index (χ0n) is 25.1. The highest BCUT2D eigenvalue weighted by atomic mass is 16.8. The Morgan fingerprint density at radius 1 is 0.698 bits per heavy atom. The minimum absolute atomic E-state index is 0.0440. The zero-order valence-corrected chi connectivity index (χ0v) is 25.1. The van der Waals surface area contributed by atoms with Crippen molar-refractivity contribution in [2.45, 2.75) is 110 Å². The Labute approximate surface area is 248 Å². The molecule has 16 nitrogen and oxygen atoms in total. The Bertz CT molecular complexity index is 1050. The van der Waals surface area contributed by atoms with Crippen LogP contribution < -0.4 is 5.32 Å². The molecule has 0 aliphatic carbocycles. The molecule has 0 aromatic heterocycles. The Balaban J connectivity index is 2.64. The summed E-state index contributed by atoms with van der Waals surface area (Å²) < 4.78 is 50.9. The van der Waals surface area contributed by atoms with Gasteiger partial charge < -0.3 is 47.9 Å². The lowest BCUT2D eigenvalue weighted by atomic mass is 9.94. The summed E-state index contributed by atoms with van der Waals surface area (Å²) in [6.45, 7) is 11.5. The van der Waals surface area contributed by atoms with E-state index in [1.165, 1.54) is 26.8 Å². The molecule has 10 atom stereocenters. The number of ether oxygens (including phenoxy) is 9. The second-order valence-corrected chi connectivity index (χ2v) is 9.80. The Morgan fingerprint density at radius 2 is 1.23 bits per heavy atom. The van der Waals surface area contributed by atoms with Crippen molar-refractivity contribution in [3.63, 3.8) is 0 Å². The molecular formula is C27H39NO15. The van der Waals surface area contributed by atoms with Crippen LogP contribution in [0.3, 0.4) is 0 Å². The molecule has 2 aliphatic heterocycles. The van der Waals surface area contributed by atoms with Gasteiger partial charge in [0.2, 0.25) is 5.91 Å². The van der Waals surface area contributed by atoms with E-state index in [9.17, 15) is 28.8 Å². The molecule has 2 aliphatic rings. The van der Waals surface area contributed by atoms with Crippen molar-refractivity contribution in [1.82, 2.24) is 5.32 Å². The van der Waals surface area contributed by atoms with Crippen molar-refractivity contribution in [3.05, 3.63) is 12.7 Å². The highest BCUT2D eigenvalue weighted by Gasteiger charge is 2.56. The first-order valence-electron chi connectivity index (χ1n) is 13.4. The van der Waals surface area contributed by atoms with Crippen molar-refractivity contribution in [2.24, 2.45) is 0 Å². The van der Waals surface area contributed by atoms with Crippen LogP contribution in [0.2, 0.25) is 0 Å². The largest absolute Gasteiger partial charge is 0.463 e. The quantitative estimate of drug-likeness (QED) is 0.172. The van der Waals surface area contributed by atoms with Crippen molar-refractivity contribution in [2.75, 3.05) is 13.2 Å². The lowest BCUT2D eigenvalue weighted by Crippen LogP contribution is -2.69. The normalized spacial score (nSPS) is 32.0. The van der Waals surface area contributed by atoms with Gasteiger partial charge in [0, 0.05) is 41.5 Å². The van der Waals surface area contributed by atoms with E-state index in [4.69, 9.17) is 42.6 Å². The number of hydrogen-bond donors (Lipinski definition) is 1. The third-order valence-electron chi connectivity index (χ3n) is 6.07. The fraction of sp³-hybridized carbons (Fsp3) is 0.704. The van der Waals surface area contributed by atoms with E-state index in [0.717, 1.165) is 27.7 Å². The lowest BCUT2D eigenvalue weighted by molar-refractivity contribution is -0.342. The summed E-state index contributed by atoms with van der Waals surface area (Å²) in [5.74, 6) is -4.31. The second-order valence-electron chi connectivity index (χ2n) is 9.80. The Morgan fingerprint density at radius 3 is 1.74 bits per heavy atom. The number of rotatable bonds is 12. The number of amides is 1. The minimum atomic E-state index is -1.55. The molecule has 2 heterocycles. The van der Waals surface area contributed by atoms with Gasteiger partial charge in [-0.1, -0.05) is 6.08 Å². The molecule has 0 bridgehead atoms. The van der Waals surface area contributed by atoms with Crippen molar-refractivity contribution in [3.8, 4) is 0 Å². The second kappa shape index (κ2) is 16.3. The van der Waals surface area contributed by atoms with Crippen LogP contribution in [-0.2, 0) is 71.4 Å². The predicted molar refractivity (Wildman–Crippen MR) is 140 cm³/mol. The zero-order chi connectivity index (χ0) is 32.4. The average Bonchev–Trinajstić information content (AvgIpc) is 2.87. The van der Waals surface area contributed by atoms with Crippen LogP contribution >= 0.6 is 0 Å². The summed E-state index contributed by atoms with van der Waals surface area (Å²) in [5.41, 5.74) is 0. The molecule has 43 heavy (non-hydrogen) atoms. The van der Waals surface area contributed by atoms with Crippen LogP contribution in [0.4, 0.5) is 0 Å². The van der Waals surface area contributed by atoms with Crippen LogP contribution in [0.25, 0.3) is 0 Å². The number of carbonyl (C=O) groups excluding carboxylic acids is 6. The fourth-order valence-corrected chi connectivity index (χ4v) is 4.66. The predicted octanol–water partition coefficient (Wildman–Crippen LogP) is -0.161. The van der Waals surface area contributed by atoms with Crippen LogP contribution in [-0.4, -0.2) is 110 Å². The van der Waals surface area contributed by atoms with E-state index in [2.05, 4.69) is 11.9 Å².